The molecule has 3 amide bonds. The molecule has 0 aromatic heterocycles. The van der Waals surface area contributed by atoms with Crippen LogP contribution in [0.25, 0.3) is 0 Å². The first-order valence-corrected chi connectivity index (χ1v) is 15.3. The maximum absolute atomic E-state index is 12.8. The van der Waals surface area contributed by atoms with E-state index in [4.69, 9.17) is 0 Å². The zero-order valence-corrected chi connectivity index (χ0v) is 23.4. The van der Waals surface area contributed by atoms with Gasteiger partial charge in [-0.2, -0.15) is 11.8 Å². The van der Waals surface area contributed by atoms with Gasteiger partial charge in [0.25, 0.3) is 0 Å². The number of hydrogen-bond donors (Lipinski definition) is 3. The van der Waals surface area contributed by atoms with Gasteiger partial charge < -0.3 is 16.0 Å². The number of unbranched alkanes of at least 4 members (excludes halogenated alkanes) is 1. The summed E-state index contributed by atoms with van der Waals surface area (Å²) in [6.07, 6.45) is 9.72. The van der Waals surface area contributed by atoms with E-state index >= 15 is 0 Å². The zero-order valence-electron chi connectivity index (χ0n) is 22.6. The molecule has 5 rings (SSSR count). The maximum atomic E-state index is 12.8. The predicted molar refractivity (Wildman–Crippen MR) is 149 cm³/mol. The standard InChI is InChI=1S/C30H45N3O2S/c1-19(2)20-10-12-22-21(16-20)11-13-25-29(3,14-7-15-30(22,25)4)18-31-26(34)9-6-5-8-24-27-23(17-36-24)32-28(35)33-27/h10,12,16,19,23-25,27H,5-9,11,13-15,17-18H2,1-4H3,(H,31,34)(H2,32,33,35)/t23?,24-,25+,27?,29+,30-/m1/s1. The van der Waals surface area contributed by atoms with Crippen LogP contribution >= 0.6 is 11.8 Å². The van der Waals surface area contributed by atoms with Gasteiger partial charge in [0, 0.05) is 24.0 Å². The van der Waals surface area contributed by atoms with Crippen LogP contribution in [0.5, 0.6) is 0 Å². The van der Waals surface area contributed by atoms with Gasteiger partial charge in [-0.05, 0) is 77.9 Å². The average molecular weight is 512 g/mol. The SMILES string of the molecule is CC(C)c1ccc2c(c1)CC[C@H]1[C@](C)(CNC(=O)CCCC[C@H]3SCC4NC(=O)NC43)CCC[C@]21C. The van der Waals surface area contributed by atoms with Crippen LogP contribution in [-0.2, 0) is 16.6 Å². The molecule has 36 heavy (non-hydrogen) atoms. The van der Waals surface area contributed by atoms with Crippen molar-refractivity contribution in [3.05, 3.63) is 34.9 Å². The van der Waals surface area contributed by atoms with E-state index < -0.39 is 0 Å². The molecule has 4 aliphatic rings. The van der Waals surface area contributed by atoms with Gasteiger partial charge >= 0.3 is 6.03 Å². The lowest BCUT2D eigenvalue weighted by molar-refractivity contribution is -0.122. The number of carbonyl (C=O) groups is 2. The lowest BCUT2D eigenvalue weighted by atomic mass is 9.49. The molecule has 2 unspecified atom stereocenters. The summed E-state index contributed by atoms with van der Waals surface area (Å²) in [4.78, 5) is 24.4. The molecule has 3 N–H and O–H groups in total. The van der Waals surface area contributed by atoms with E-state index in [2.05, 4.69) is 61.8 Å². The summed E-state index contributed by atoms with van der Waals surface area (Å²) in [5.74, 6) is 2.38. The molecule has 6 heteroatoms. The van der Waals surface area contributed by atoms with E-state index in [-0.39, 0.29) is 34.9 Å². The Morgan fingerprint density at radius 2 is 2.03 bits per heavy atom. The van der Waals surface area contributed by atoms with Gasteiger partial charge in [-0.1, -0.05) is 58.7 Å². The molecule has 0 radical (unpaired) electrons. The van der Waals surface area contributed by atoms with Crippen LogP contribution in [0.4, 0.5) is 4.79 Å². The number of nitrogens with one attached hydrogen (secondary N) is 3. The van der Waals surface area contributed by atoms with Crippen molar-refractivity contribution in [1.29, 1.82) is 0 Å². The first-order valence-electron chi connectivity index (χ1n) is 14.3. The molecule has 2 aliphatic heterocycles. The molecular formula is C30H45N3O2S. The monoisotopic (exact) mass is 511 g/mol. The van der Waals surface area contributed by atoms with Crippen LogP contribution in [-0.4, -0.2) is 41.6 Å². The Balaban J connectivity index is 1.12. The van der Waals surface area contributed by atoms with Gasteiger partial charge in [-0.25, -0.2) is 4.79 Å². The van der Waals surface area contributed by atoms with Crippen LogP contribution < -0.4 is 16.0 Å². The molecule has 198 valence electrons. The Kier molecular flexibility index (Phi) is 7.37. The van der Waals surface area contributed by atoms with E-state index in [9.17, 15) is 9.59 Å². The summed E-state index contributed by atoms with van der Waals surface area (Å²) in [6.45, 7) is 10.3. The maximum Gasteiger partial charge on any atom is 0.315 e. The topological polar surface area (TPSA) is 70.2 Å². The summed E-state index contributed by atoms with van der Waals surface area (Å²) in [5, 5.41) is 9.90. The highest BCUT2D eigenvalue weighted by Gasteiger charge is 2.51. The van der Waals surface area contributed by atoms with Crippen molar-refractivity contribution in [2.24, 2.45) is 11.3 Å². The number of fused-ring (bicyclic) bond motifs is 4. The van der Waals surface area contributed by atoms with Gasteiger partial charge in [0.15, 0.2) is 0 Å². The molecule has 1 saturated carbocycles. The summed E-state index contributed by atoms with van der Waals surface area (Å²) >= 11 is 1.95. The average Bonchev–Trinajstić information content (AvgIpc) is 3.39. The van der Waals surface area contributed by atoms with Crippen LogP contribution in [0.15, 0.2) is 18.2 Å². The lowest BCUT2D eigenvalue weighted by Crippen LogP contribution is -2.53. The Bertz CT molecular complexity index is 996. The fourth-order valence-corrected chi connectivity index (χ4v) is 9.42. The Labute approximate surface area is 221 Å². The molecule has 6 atom stereocenters. The van der Waals surface area contributed by atoms with Crippen molar-refractivity contribution < 1.29 is 9.59 Å². The third-order valence-electron chi connectivity index (χ3n) is 9.94. The summed E-state index contributed by atoms with van der Waals surface area (Å²) in [5.41, 5.74) is 4.95. The number of benzene rings is 1. The minimum atomic E-state index is -0.0243. The quantitative estimate of drug-likeness (QED) is 0.311. The molecule has 2 heterocycles. The van der Waals surface area contributed by atoms with Crippen molar-refractivity contribution >= 4 is 23.7 Å². The van der Waals surface area contributed by atoms with Gasteiger partial charge in [0.1, 0.15) is 0 Å². The molecule has 0 bridgehead atoms. The molecule has 1 aromatic carbocycles. The third kappa shape index (κ3) is 4.91. The van der Waals surface area contributed by atoms with Crippen molar-refractivity contribution in [3.8, 4) is 0 Å². The van der Waals surface area contributed by atoms with E-state index in [0.717, 1.165) is 38.0 Å². The van der Waals surface area contributed by atoms with Crippen LogP contribution in [0.3, 0.4) is 0 Å². The van der Waals surface area contributed by atoms with E-state index in [1.807, 2.05) is 11.8 Å². The van der Waals surface area contributed by atoms with Gasteiger partial charge in [-0.3, -0.25) is 4.79 Å². The Morgan fingerprint density at radius 3 is 2.83 bits per heavy atom. The normalized spacial score (nSPS) is 35.0. The minimum Gasteiger partial charge on any atom is -0.356 e. The van der Waals surface area contributed by atoms with Gasteiger partial charge in [-0.15, -0.1) is 0 Å². The van der Waals surface area contributed by atoms with Gasteiger partial charge in [0.2, 0.25) is 5.91 Å². The van der Waals surface area contributed by atoms with Crippen LogP contribution in [0, 0.1) is 11.3 Å². The number of urea groups is 1. The molecule has 1 aromatic rings. The smallest absolute Gasteiger partial charge is 0.315 e. The molecule has 2 saturated heterocycles. The van der Waals surface area contributed by atoms with E-state index in [1.54, 1.807) is 11.1 Å². The number of thioether (sulfide) groups is 1. The highest BCUT2D eigenvalue weighted by atomic mass is 32.2. The molecule has 0 spiro atoms. The fourth-order valence-electron chi connectivity index (χ4n) is 7.88. The lowest BCUT2D eigenvalue weighted by Gasteiger charge is -2.55. The largest absolute Gasteiger partial charge is 0.356 e. The molecule has 2 aliphatic carbocycles. The summed E-state index contributed by atoms with van der Waals surface area (Å²) < 4.78 is 0. The van der Waals surface area contributed by atoms with Crippen molar-refractivity contribution in [2.75, 3.05) is 12.3 Å². The van der Waals surface area contributed by atoms with E-state index in [0.29, 0.717) is 23.5 Å². The number of amides is 3. The van der Waals surface area contributed by atoms with E-state index in [1.165, 1.54) is 31.2 Å². The zero-order chi connectivity index (χ0) is 25.5. The Morgan fingerprint density at radius 1 is 1.19 bits per heavy atom. The minimum absolute atomic E-state index is 0.0243. The second kappa shape index (κ2) is 10.2. The first kappa shape index (κ1) is 25.9. The Hall–Kier alpha value is -1.69. The van der Waals surface area contributed by atoms with Crippen molar-refractivity contribution in [2.45, 2.75) is 114 Å². The first-order chi connectivity index (χ1) is 17.2. The molecule has 5 nitrogen and oxygen atoms in total. The summed E-state index contributed by atoms with van der Waals surface area (Å²) in [6, 6.07) is 7.77. The van der Waals surface area contributed by atoms with Gasteiger partial charge in [0.05, 0.1) is 12.1 Å². The number of aryl methyl sites for hydroxylation is 1. The third-order valence-corrected chi connectivity index (χ3v) is 11.4. The highest BCUT2D eigenvalue weighted by molar-refractivity contribution is 8.00. The van der Waals surface area contributed by atoms with Crippen molar-refractivity contribution in [1.82, 2.24) is 16.0 Å². The number of carbonyl (C=O) groups excluding carboxylic acids is 2. The second-order valence-electron chi connectivity index (χ2n) is 12.7. The number of rotatable bonds is 8. The van der Waals surface area contributed by atoms with Crippen LogP contribution in [0.2, 0.25) is 0 Å². The number of hydrogen-bond acceptors (Lipinski definition) is 3. The molecular weight excluding hydrogens is 466 g/mol. The summed E-state index contributed by atoms with van der Waals surface area (Å²) in [7, 11) is 0. The highest BCUT2D eigenvalue weighted by Crippen LogP contribution is 2.57. The predicted octanol–water partition coefficient (Wildman–Crippen LogP) is 5.66. The van der Waals surface area contributed by atoms with Crippen molar-refractivity contribution in [3.63, 3.8) is 0 Å². The fraction of sp³-hybridized carbons (Fsp3) is 0.733. The van der Waals surface area contributed by atoms with Crippen LogP contribution in [0.1, 0.15) is 102 Å². The molecule has 3 fully saturated rings. The second-order valence-corrected chi connectivity index (χ2v) is 14.0.